The molecule has 1 unspecified atom stereocenters. The van der Waals surface area contributed by atoms with Gasteiger partial charge in [0.2, 0.25) is 0 Å². The molecular formula is C16H32F3NO2Si. The van der Waals surface area contributed by atoms with Crippen LogP contribution < -0.4 is 0 Å². The summed E-state index contributed by atoms with van der Waals surface area (Å²) >= 11 is 0. The highest BCUT2D eigenvalue weighted by Gasteiger charge is 2.43. The topological polar surface area (TPSA) is 29.5 Å². The van der Waals surface area contributed by atoms with Gasteiger partial charge in [0.15, 0.2) is 8.32 Å². The Morgan fingerprint density at radius 2 is 1.52 bits per heavy atom. The van der Waals surface area contributed by atoms with Crippen LogP contribution in [0.2, 0.25) is 19.6 Å². The van der Waals surface area contributed by atoms with Crippen molar-refractivity contribution in [1.82, 2.24) is 4.90 Å². The van der Waals surface area contributed by atoms with E-state index in [1.807, 2.05) is 19.6 Å². The molecule has 0 radical (unpaired) electrons. The highest BCUT2D eigenvalue weighted by Crippen LogP contribution is 2.23. The van der Waals surface area contributed by atoms with Gasteiger partial charge in [0.25, 0.3) is 0 Å². The van der Waals surface area contributed by atoms with Crippen molar-refractivity contribution >= 4 is 14.2 Å². The molecule has 23 heavy (non-hydrogen) atoms. The van der Waals surface area contributed by atoms with Crippen LogP contribution in [-0.4, -0.2) is 38.6 Å². The molecule has 0 bridgehead atoms. The number of hydrogen-bond acceptors (Lipinski definition) is 2. The number of halogens is 3. The second-order valence-electron chi connectivity index (χ2n) is 7.01. The Labute approximate surface area is 139 Å². The average molecular weight is 356 g/mol. The van der Waals surface area contributed by atoms with E-state index in [1.54, 1.807) is 0 Å². The van der Waals surface area contributed by atoms with E-state index in [9.17, 15) is 18.0 Å². The Morgan fingerprint density at radius 3 is 1.96 bits per heavy atom. The van der Waals surface area contributed by atoms with E-state index < -0.39 is 26.6 Å². The zero-order chi connectivity index (χ0) is 18.1. The fourth-order valence-corrected chi connectivity index (χ4v) is 3.44. The largest absolute Gasteiger partial charge is 0.471 e. The summed E-state index contributed by atoms with van der Waals surface area (Å²) in [6, 6.07) is 0. The van der Waals surface area contributed by atoms with Crippen LogP contribution in [0.1, 0.15) is 58.3 Å². The first-order valence-electron chi connectivity index (χ1n) is 8.51. The van der Waals surface area contributed by atoms with E-state index in [4.69, 9.17) is 4.43 Å². The number of carbonyl (C=O) groups excluding carboxylic acids is 1. The maximum Gasteiger partial charge on any atom is 0.471 e. The van der Waals surface area contributed by atoms with E-state index in [0.717, 1.165) is 30.6 Å². The van der Waals surface area contributed by atoms with E-state index >= 15 is 0 Å². The van der Waals surface area contributed by atoms with Crippen molar-refractivity contribution in [1.29, 1.82) is 0 Å². The summed E-state index contributed by atoms with van der Waals surface area (Å²) in [6.45, 7) is 7.90. The van der Waals surface area contributed by atoms with Crippen molar-refractivity contribution in [2.75, 3.05) is 7.05 Å². The minimum absolute atomic E-state index is 0.455. The van der Waals surface area contributed by atoms with Crippen LogP contribution in [0.25, 0.3) is 0 Å². The molecular weight excluding hydrogens is 323 g/mol. The van der Waals surface area contributed by atoms with Crippen molar-refractivity contribution in [2.45, 2.75) is 90.3 Å². The molecule has 1 amide bonds. The average Bonchev–Trinajstić information content (AvgIpc) is 2.41. The molecule has 138 valence electrons. The standard InChI is InChI=1S/C16H32F3NO2Si/c1-6-7-8-9-10-11-12-13-14(22-23(3,4)5)20(2)15(21)16(17,18)19/h14H,6-13H2,1-5H3. The lowest BCUT2D eigenvalue weighted by molar-refractivity contribution is -0.191. The van der Waals surface area contributed by atoms with Crippen molar-refractivity contribution < 1.29 is 22.4 Å². The van der Waals surface area contributed by atoms with Crippen molar-refractivity contribution in [2.24, 2.45) is 0 Å². The number of rotatable bonds is 11. The smallest absolute Gasteiger partial charge is 0.398 e. The zero-order valence-electron chi connectivity index (χ0n) is 15.1. The van der Waals surface area contributed by atoms with Crippen LogP contribution in [0.15, 0.2) is 0 Å². The minimum Gasteiger partial charge on any atom is -0.398 e. The fourth-order valence-electron chi connectivity index (χ4n) is 2.35. The molecule has 1 atom stereocenters. The summed E-state index contributed by atoms with van der Waals surface area (Å²) in [7, 11) is -0.853. The van der Waals surface area contributed by atoms with Gasteiger partial charge in [-0.2, -0.15) is 13.2 Å². The Morgan fingerprint density at radius 1 is 1.04 bits per heavy atom. The monoisotopic (exact) mass is 355 g/mol. The van der Waals surface area contributed by atoms with Crippen LogP contribution in [0, 0.1) is 0 Å². The van der Waals surface area contributed by atoms with Crippen molar-refractivity contribution in [3.63, 3.8) is 0 Å². The van der Waals surface area contributed by atoms with Gasteiger partial charge >= 0.3 is 12.1 Å². The lowest BCUT2D eigenvalue weighted by Gasteiger charge is -2.33. The van der Waals surface area contributed by atoms with Crippen LogP contribution in [0.3, 0.4) is 0 Å². The van der Waals surface area contributed by atoms with Crippen LogP contribution >= 0.6 is 0 Å². The van der Waals surface area contributed by atoms with Crippen LogP contribution in [0.4, 0.5) is 13.2 Å². The van der Waals surface area contributed by atoms with Crippen molar-refractivity contribution in [3.8, 4) is 0 Å². The molecule has 0 aliphatic carbocycles. The number of nitrogens with zero attached hydrogens (tertiary/aromatic N) is 1. The predicted octanol–water partition coefficient (Wildman–Crippen LogP) is 5.33. The second kappa shape index (κ2) is 10.3. The quantitative estimate of drug-likeness (QED) is 0.285. The van der Waals surface area contributed by atoms with E-state index in [-0.39, 0.29) is 0 Å². The molecule has 0 aromatic carbocycles. The van der Waals surface area contributed by atoms with Crippen molar-refractivity contribution in [3.05, 3.63) is 0 Å². The Hall–Kier alpha value is -0.563. The number of amides is 1. The van der Waals surface area contributed by atoms with Gasteiger partial charge in [0.1, 0.15) is 6.23 Å². The summed E-state index contributed by atoms with van der Waals surface area (Å²) < 4.78 is 43.7. The molecule has 0 spiro atoms. The first-order chi connectivity index (χ1) is 10.5. The molecule has 0 N–H and O–H groups in total. The van der Waals surface area contributed by atoms with Gasteiger partial charge in [-0.15, -0.1) is 0 Å². The number of hydrogen-bond donors (Lipinski definition) is 0. The predicted molar refractivity (Wildman–Crippen MR) is 89.7 cm³/mol. The molecule has 0 aromatic heterocycles. The summed E-state index contributed by atoms with van der Waals surface area (Å²) in [5.41, 5.74) is 0. The SMILES string of the molecule is CCCCCCCCCC(O[Si](C)(C)C)N(C)C(=O)C(F)(F)F. The Balaban J connectivity index is 4.44. The third-order valence-electron chi connectivity index (χ3n) is 3.54. The van der Waals surface area contributed by atoms with E-state index in [0.29, 0.717) is 6.42 Å². The molecule has 0 saturated heterocycles. The van der Waals surface area contributed by atoms with E-state index in [2.05, 4.69) is 6.92 Å². The highest BCUT2D eigenvalue weighted by molar-refractivity contribution is 6.69. The highest BCUT2D eigenvalue weighted by atomic mass is 28.4. The fraction of sp³-hybridized carbons (Fsp3) is 0.938. The molecule has 0 aromatic rings. The molecule has 7 heteroatoms. The maximum absolute atomic E-state index is 12.6. The first kappa shape index (κ1) is 22.4. The molecule has 0 aliphatic heterocycles. The summed E-state index contributed by atoms with van der Waals surface area (Å²) in [4.78, 5) is 12.2. The Bertz CT molecular complexity index is 343. The zero-order valence-corrected chi connectivity index (χ0v) is 16.1. The summed E-state index contributed by atoms with van der Waals surface area (Å²) in [6.07, 6.45) is 2.41. The molecule has 0 rings (SSSR count). The molecule has 0 heterocycles. The Kier molecular flexibility index (Phi) is 10.1. The number of alkyl halides is 3. The molecule has 3 nitrogen and oxygen atoms in total. The van der Waals surface area contributed by atoms with Crippen LogP contribution in [-0.2, 0) is 9.22 Å². The van der Waals surface area contributed by atoms with Gasteiger partial charge in [-0.1, -0.05) is 45.4 Å². The van der Waals surface area contributed by atoms with Gasteiger partial charge < -0.3 is 9.33 Å². The third kappa shape index (κ3) is 10.8. The van der Waals surface area contributed by atoms with Gasteiger partial charge in [-0.3, -0.25) is 4.79 Å². The van der Waals surface area contributed by atoms with Crippen LogP contribution in [0.5, 0.6) is 0 Å². The number of carbonyl (C=O) groups is 1. The first-order valence-corrected chi connectivity index (χ1v) is 11.9. The van der Waals surface area contributed by atoms with Gasteiger partial charge in [-0.25, -0.2) is 0 Å². The minimum atomic E-state index is -4.85. The summed E-state index contributed by atoms with van der Waals surface area (Å²) in [5.74, 6) is -1.83. The maximum atomic E-state index is 12.6. The van der Waals surface area contributed by atoms with Gasteiger partial charge in [0.05, 0.1) is 0 Å². The second-order valence-corrected chi connectivity index (χ2v) is 11.5. The molecule has 0 saturated carbocycles. The molecule has 0 fully saturated rings. The number of unbranched alkanes of at least 4 members (excludes halogenated alkanes) is 6. The third-order valence-corrected chi connectivity index (χ3v) is 4.52. The normalized spacial score (nSPS) is 13.9. The summed E-state index contributed by atoms with van der Waals surface area (Å²) in [5, 5.41) is 0. The lowest BCUT2D eigenvalue weighted by atomic mass is 10.1. The molecule has 0 aliphatic rings. The van der Waals surface area contributed by atoms with E-state index in [1.165, 1.54) is 26.3 Å². The van der Waals surface area contributed by atoms with Gasteiger partial charge in [-0.05, 0) is 32.5 Å². The van der Waals surface area contributed by atoms with Gasteiger partial charge in [0, 0.05) is 7.05 Å². The lowest BCUT2D eigenvalue weighted by Crippen LogP contribution is -2.49.